The molecule has 1 saturated heterocycles. The standard InChI is InChI=1S/C10H14F2O3/c1-9(2)5(6(13)8(11)12)7(14)10(3,4)15-9/h5,8H,1-4H3. The second kappa shape index (κ2) is 3.33. The average Bonchev–Trinajstić information content (AvgIpc) is 2.15. The fourth-order valence-corrected chi connectivity index (χ4v) is 2.03. The largest absolute Gasteiger partial charge is 0.361 e. The maximum absolute atomic E-state index is 12.3. The van der Waals surface area contributed by atoms with Gasteiger partial charge in [0.2, 0.25) is 5.78 Å². The van der Waals surface area contributed by atoms with Gasteiger partial charge < -0.3 is 4.74 Å². The van der Waals surface area contributed by atoms with Gasteiger partial charge in [0, 0.05) is 0 Å². The van der Waals surface area contributed by atoms with Crippen molar-refractivity contribution in [3.8, 4) is 0 Å². The molecule has 5 heteroatoms. The van der Waals surface area contributed by atoms with E-state index in [0.717, 1.165) is 0 Å². The lowest BCUT2D eigenvalue weighted by molar-refractivity contribution is -0.141. The number of alkyl halides is 2. The molecule has 1 rings (SSSR count). The summed E-state index contributed by atoms with van der Waals surface area (Å²) in [5.41, 5.74) is -2.33. The number of ketones is 2. The molecule has 0 radical (unpaired) electrons. The van der Waals surface area contributed by atoms with Crippen LogP contribution in [-0.2, 0) is 14.3 Å². The van der Waals surface area contributed by atoms with Crippen molar-refractivity contribution < 1.29 is 23.1 Å². The molecule has 1 unspecified atom stereocenters. The fraction of sp³-hybridized carbons (Fsp3) is 0.800. The van der Waals surface area contributed by atoms with Crippen molar-refractivity contribution in [1.29, 1.82) is 0 Å². The third-order valence-electron chi connectivity index (χ3n) is 2.57. The normalized spacial score (nSPS) is 28.5. The van der Waals surface area contributed by atoms with Gasteiger partial charge in [-0.25, -0.2) is 8.78 Å². The minimum atomic E-state index is -3.13. The molecule has 0 saturated carbocycles. The number of halogens is 2. The molecule has 15 heavy (non-hydrogen) atoms. The lowest BCUT2D eigenvalue weighted by Gasteiger charge is -2.24. The van der Waals surface area contributed by atoms with Crippen LogP contribution in [0.4, 0.5) is 8.78 Å². The first-order valence-corrected chi connectivity index (χ1v) is 4.66. The van der Waals surface area contributed by atoms with Crippen LogP contribution in [0.3, 0.4) is 0 Å². The Balaban J connectivity index is 3.08. The highest BCUT2D eigenvalue weighted by Gasteiger charge is 2.57. The first-order valence-electron chi connectivity index (χ1n) is 4.66. The number of carbonyl (C=O) groups is 2. The minimum absolute atomic E-state index is 0.571. The summed E-state index contributed by atoms with van der Waals surface area (Å²) >= 11 is 0. The molecule has 0 N–H and O–H groups in total. The van der Waals surface area contributed by atoms with E-state index < -0.39 is 35.1 Å². The first-order chi connectivity index (χ1) is 6.59. The van der Waals surface area contributed by atoms with Crippen molar-refractivity contribution in [1.82, 2.24) is 0 Å². The van der Waals surface area contributed by atoms with Crippen LogP contribution >= 0.6 is 0 Å². The highest BCUT2D eigenvalue weighted by molar-refractivity contribution is 6.09. The topological polar surface area (TPSA) is 43.4 Å². The van der Waals surface area contributed by atoms with Crippen molar-refractivity contribution in [3.05, 3.63) is 0 Å². The monoisotopic (exact) mass is 220 g/mol. The number of hydrogen-bond donors (Lipinski definition) is 0. The van der Waals surface area contributed by atoms with E-state index in [1.165, 1.54) is 27.7 Å². The zero-order valence-corrected chi connectivity index (χ0v) is 9.14. The summed E-state index contributed by atoms with van der Waals surface area (Å²) in [5, 5.41) is 0. The molecule has 1 atom stereocenters. The quantitative estimate of drug-likeness (QED) is 0.664. The van der Waals surface area contributed by atoms with Gasteiger partial charge in [0.25, 0.3) is 6.43 Å². The molecule has 0 aromatic rings. The van der Waals surface area contributed by atoms with Crippen molar-refractivity contribution in [3.63, 3.8) is 0 Å². The molecule has 1 aliphatic heterocycles. The zero-order chi connectivity index (χ0) is 12.0. The Hall–Kier alpha value is -0.840. The Kier molecular flexibility index (Phi) is 2.72. The highest BCUT2D eigenvalue weighted by atomic mass is 19.3. The summed E-state index contributed by atoms with van der Waals surface area (Å²) in [6.45, 7) is 5.92. The maximum Gasteiger partial charge on any atom is 0.296 e. The van der Waals surface area contributed by atoms with Crippen molar-refractivity contribution in [2.24, 2.45) is 5.92 Å². The van der Waals surface area contributed by atoms with E-state index in [2.05, 4.69) is 0 Å². The van der Waals surface area contributed by atoms with Crippen LogP contribution in [0.2, 0.25) is 0 Å². The van der Waals surface area contributed by atoms with Crippen LogP contribution in [0.1, 0.15) is 27.7 Å². The van der Waals surface area contributed by atoms with Crippen LogP contribution < -0.4 is 0 Å². The summed E-state index contributed by atoms with van der Waals surface area (Å²) < 4.78 is 29.9. The maximum atomic E-state index is 12.3. The molecule has 1 heterocycles. The van der Waals surface area contributed by atoms with Gasteiger partial charge >= 0.3 is 0 Å². The molecular weight excluding hydrogens is 206 g/mol. The lowest BCUT2D eigenvalue weighted by atomic mass is 9.83. The van der Waals surface area contributed by atoms with Gasteiger partial charge in [-0.2, -0.15) is 0 Å². The molecule has 0 aromatic carbocycles. The molecule has 0 amide bonds. The van der Waals surface area contributed by atoms with Gasteiger partial charge in [0.15, 0.2) is 5.78 Å². The highest BCUT2D eigenvalue weighted by Crippen LogP contribution is 2.40. The third-order valence-corrected chi connectivity index (χ3v) is 2.57. The summed E-state index contributed by atoms with van der Waals surface area (Å²) in [6, 6.07) is 0. The summed E-state index contributed by atoms with van der Waals surface area (Å²) in [7, 11) is 0. The molecule has 1 fully saturated rings. The smallest absolute Gasteiger partial charge is 0.296 e. The summed E-state index contributed by atoms with van der Waals surface area (Å²) in [4.78, 5) is 22.9. The molecule has 0 bridgehead atoms. The first kappa shape index (κ1) is 12.2. The van der Waals surface area contributed by atoms with E-state index in [1.54, 1.807) is 0 Å². The zero-order valence-electron chi connectivity index (χ0n) is 9.14. The molecule has 3 nitrogen and oxygen atoms in total. The van der Waals surface area contributed by atoms with E-state index in [0.29, 0.717) is 0 Å². The van der Waals surface area contributed by atoms with E-state index in [4.69, 9.17) is 4.74 Å². The molecular formula is C10H14F2O3. The van der Waals surface area contributed by atoms with Gasteiger partial charge in [0.05, 0.1) is 5.60 Å². The van der Waals surface area contributed by atoms with E-state index in [1.807, 2.05) is 0 Å². The number of hydrogen-bond acceptors (Lipinski definition) is 3. The minimum Gasteiger partial charge on any atom is -0.361 e. The van der Waals surface area contributed by atoms with Crippen LogP contribution in [0, 0.1) is 5.92 Å². The number of carbonyl (C=O) groups excluding carboxylic acids is 2. The second-order valence-electron chi connectivity index (χ2n) is 4.72. The number of ether oxygens (including phenoxy) is 1. The van der Waals surface area contributed by atoms with E-state index in [-0.39, 0.29) is 0 Å². The van der Waals surface area contributed by atoms with Crippen LogP contribution in [0.5, 0.6) is 0 Å². The predicted molar refractivity (Wildman–Crippen MR) is 48.8 cm³/mol. The van der Waals surface area contributed by atoms with E-state index >= 15 is 0 Å². The van der Waals surface area contributed by atoms with Crippen LogP contribution in [-0.4, -0.2) is 29.2 Å². The second-order valence-corrected chi connectivity index (χ2v) is 4.72. The lowest BCUT2D eigenvalue weighted by Crippen LogP contribution is -2.40. The Morgan fingerprint density at radius 3 is 2.07 bits per heavy atom. The van der Waals surface area contributed by atoms with Gasteiger partial charge in [-0.3, -0.25) is 9.59 Å². The van der Waals surface area contributed by atoms with Gasteiger partial charge in [-0.05, 0) is 27.7 Å². The van der Waals surface area contributed by atoms with Crippen molar-refractivity contribution >= 4 is 11.6 Å². The van der Waals surface area contributed by atoms with E-state index in [9.17, 15) is 18.4 Å². The molecule has 1 aliphatic rings. The van der Waals surface area contributed by atoms with Gasteiger partial charge in [-0.15, -0.1) is 0 Å². The Morgan fingerprint density at radius 1 is 1.33 bits per heavy atom. The number of Topliss-reactive ketones (excluding diaryl/α,β-unsaturated/α-hetero) is 2. The SMILES string of the molecule is CC1(C)OC(C)(C)C(C(=O)C(F)F)C1=O. The Morgan fingerprint density at radius 2 is 1.80 bits per heavy atom. The molecule has 86 valence electrons. The van der Waals surface area contributed by atoms with Crippen LogP contribution in [0.15, 0.2) is 0 Å². The summed E-state index contributed by atoms with van der Waals surface area (Å²) in [5.74, 6) is -3.29. The Bertz CT molecular complexity index is 308. The average molecular weight is 220 g/mol. The molecule has 0 aliphatic carbocycles. The number of rotatable bonds is 2. The molecule has 0 aromatic heterocycles. The van der Waals surface area contributed by atoms with Gasteiger partial charge in [-0.1, -0.05) is 0 Å². The summed E-state index contributed by atoms with van der Waals surface area (Å²) in [6.07, 6.45) is -3.13. The predicted octanol–water partition coefficient (Wildman–Crippen LogP) is 1.59. The Labute approximate surface area is 86.8 Å². The molecule has 0 spiro atoms. The third kappa shape index (κ3) is 1.93. The van der Waals surface area contributed by atoms with Crippen LogP contribution in [0.25, 0.3) is 0 Å². The van der Waals surface area contributed by atoms with Crippen molar-refractivity contribution in [2.45, 2.75) is 45.3 Å². The van der Waals surface area contributed by atoms with Crippen molar-refractivity contribution in [2.75, 3.05) is 0 Å². The fourth-order valence-electron chi connectivity index (χ4n) is 2.03. The van der Waals surface area contributed by atoms with Gasteiger partial charge in [0.1, 0.15) is 11.5 Å².